The van der Waals surface area contributed by atoms with E-state index in [1.807, 2.05) is 12.4 Å². The smallest absolute Gasteiger partial charge is 0.0431 e. The van der Waals surface area contributed by atoms with E-state index in [0.717, 1.165) is 19.5 Å². The van der Waals surface area contributed by atoms with Crippen LogP contribution in [-0.2, 0) is 13.0 Å². The average Bonchev–Trinajstić information content (AvgIpc) is 2.48. The number of para-hydroxylation sites is 1. The van der Waals surface area contributed by atoms with Crippen LogP contribution in [0.2, 0.25) is 0 Å². The van der Waals surface area contributed by atoms with Crippen molar-refractivity contribution >= 4 is 5.69 Å². The molecule has 0 bridgehead atoms. The van der Waals surface area contributed by atoms with Gasteiger partial charge in [0.25, 0.3) is 0 Å². The van der Waals surface area contributed by atoms with E-state index in [9.17, 15) is 0 Å². The fourth-order valence-corrected chi connectivity index (χ4v) is 2.27. The van der Waals surface area contributed by atoms with Crippen LogP contribution in [0.3, 0.4) is 0 Å². The molecule has 0 saturated heterocycles. The number of rotatable bonds is 6. The maximum absolute atomic E-state index is 5.76. The molecule has 0 atom stereocenters. The van der Waals surface area contributed by atoms with Gasteiger partial charge in [0.2, 0.25) is 0 Å². The van der Waals surface area contributed by atoms with Gasteiger partial charge in [0.05, 0.1) is 0 Å². The number of benzene rings is 1. The normalized spacial score (nSPS) is 10.4. The zero-order chi connectivity index (χ0) is 13.5. The van der Waals surface area contributed by atoms with Gasteiger partial charge in [-0.25, -0.2) is 0 Å². The van der Waals surface area contributed by atoms with Crippen LogP contribution in [0, 0.1) is 0 Å². The Kier molecular flexibility index (Phi) is 4.93. The molecular weight excluding hydrogens is 234 g/mol. The van der Waals surface area contributed by atoms with Crippen molar-refractivity contribution in [2.45, 2.75) is 19.9 Å². The fraction of sp³-hybridized carbons (Fsp3) is 0.312. The molecule has 0 radical (unpaired) electrons. The van der Waals surface area contributed by atoms with Crippen LogP contribution in [0.25, 0.3) is 0 Å². The average molecular weight is 255 g/mol. The molecule has 0 amide bonds. The quantitative estimate of drug-likeness (QED) is 0.862. The molecule has 1 heterocycles. The zero-order valence-electron chi connectivity index (χ0n) is 11.4. The van der Waals surface area contributed by atoms with Gasteiger partial charge in [-0.15, -0.1) is 0 Å². The fourth-order valence-electron chi connectivity index (χ4n) is 2.27. The Balaban J connectivity index is 2.24. The third-order valence-electron chi connectivity index (χ3n) is 3.24. The number of nitrogens with two attached hydrogens (primary N) is 1. The highest BCUT2D eigenvalue weighted by Gasteiger charge is 2.09. The second-order valence-electron chi connectivity index (χ2n) is 4.55. The molecule has 2 N–H and O–H groups in total. The molecule has 0 aliphatic carbocycles. The highest BCUT2D eigenvalue weighted by molar-refractivity contribution is 5.54. The van der Waals surface area contributed by atoms with Crippen molar-refractivity contribution in [3.63, 3.8) is 0 Å². The van der Waals surface area contributed by atoms with E-state index in [2.05, 4.69) is 53.2 Å². The molecule has 0 spiro atoms. The standard InChI is InChI=1S/C16H21N3/c1-2-15-5-3-4-6-16(15)19(12-9-17)13-14-7-10-18-11-8-14/h3-8,10-11H,2,9,12-13,17H2,1H3. The number of aromatic nitrogens is 1. The van der Waals surface area contributed by atoms with Gasteiger partial charge in [-0.05, 0) is 35.7 Å². The van der Waals surface area contributed by atoms with E-state index >= 15 is 0 Å². The highest BCUT2D eigenvalue weighted by atomic mass is 15.1. The number of hydrogen-bond acceptors (Lipinski definition) is 3. The Labute approximate surface area is 115 Å². The minimum Gasteiger partial charge on any atom is -0.366 e. The van der Waals surface area contributed by atoms with E-state index in [-0.39, 0.29) is 0 Å². The third-order valence-corrected chi connectivity index (χ3v) is 3.24. The summed E-state index contributed by atoms with van der Waals surface area (Å²) in [5.74, 6) is 0. The second kappa shape index (κ2) is 6.90. The lowest BCUT2D eigenvalue weighted by Crippen LogP contribution is -2.29. The molecule has 1 aromatic heterocycles. The van der Waals surface area contributed by atoms with Crippen molar-refractivity contribution in [3.8, 4) is 0 Å². The van der Waals surface area contributed by atoms with E-state index in [1.165, 1.54) is 16.8 Å². The van der Waals surface area contributed by atoms with Crippen LogP contribution in [0.5, 0.6) is 0 Å². The van der Waals surface area contributed by atoms with E-state index in [0.29, 0.717) is 6.54 Å². The van der Waals surface area contributed by atoms with Gasteiger partial charge in [-0.1, -0.05) is 25.1 Å². The van der Waals surface area contributed by atoms with Crippen LogP contribution in [-0.4, -0.2) is 18.1 Å². The lowest BCUT2D eigenvalue weighted by Gasteiger charge is -2.26. The molecule has 0 saturated carbocycles. The van der Waals surface area contributed by atoms with Crippen LogP contribution in [0.4, 0.5) is 5.69 Å². The molecule has 2 aromatic rings. The second-order valence-corrected chi connectivity index (χ2v) is 4.55. The van der Waals surface area contributed by atoms with Crippen molar-refractivity contribution in [2.24, 2.45) is 5.73 Å². The molecule has 100 valence electrons. The van der Waals surface area contributed by atoms with Gasteiger partial charge in [0.1, 0.15) is 0 Å². The summed E-state index contributed by atoms with van der Waals surface area (Å²) in [7, 11) is 0. The number of aryl methyl sites for hydroxylation is 1. The van der Waals surface area contributed by atoms with Gasteiger partial charge >= 0.3 is 0 Å². The topological polar surface area (TPSA) is 42.1 Å². The van der Waals surface area contributed by atoms with E-state index < -0.39 is 0 Å². The lowest BCUT2D eigenvalue weighted by molar-refractivity contribution is 0.783. The minimum absolute atomic E-state index is 0.656. The molecule has 1 aromatic carbocycles. The van der Waals surface area contributed by atoms with Crippen molar-refractivity contribution in [2.75, 3.05) is 18.0 Å². The van der Waals surface area contributed by atoms with Gasteiger partial charge in [0, 0.05) is 37.7 Å². The molecule has 0 aliphatic heterocycles. The van der Waals surface area contributed by atoms with Crippen molar-refractivity contribution < 1.29 is 0 Å². The molecule has 3 heteroatoms. The molecule has 0 fully saturated rings. The first-order valence-corrected chi connectivity index (χ1v) is 6.77. The SMILES string of the molecule is CCc1ccccc1N(CCN)Cc1ccncc1. The summed E-state index contributed by atoms with van der Waals surface area (Å²) < 4.78 is 0. The van der Waals surface area contributed by atoms with Crippen molar-refractivity contribution in [3.05, 3.63) is 59.9 Å². The van der Waals surface area contributed by atoms with Gasteiger partial charge in [-0.3, -0.25) is 4.98 Å². The molecule has 0 aliphatic rings. The summed E-state index contributed by atoms with van der Waals surface area (Å²) in [6.45, 7) is 4.57. The maximum atomic E-state index is 5.76. The summed E-state index contributed by atoms with van der Waals surface area (Å²) in [6, 6.07) is 12.6. The molecule has 19 heavy (non-hydrogen) atoms. The first-order chi connectivity index (χ1) is 9.35. The largest absolute Gasteiger partial charge is 0.366 e. The van der Waals surface area contributed by atoms with Gasteiger partial charge in [0.15, 0.2) is 0 Å². The highest BCUT2D eigenvalue weighted by Crippen LogP contribution is 2.22. The number of hydrogen-bond donors (Lipinski definition) is 1. The Morgan fingerprint density at radius 2 is 1.84 bits per heavy atom. The monoisotopic (exact) mass is 255 g/mol. The maximum Gasteiger partial charge on any atom is 0.0431 e. The predicted molar refractivity (Wildman–Crippen MR) is 80.2 cm³/mol. The van der Waals surface area contributed by atoms with Crippen LogP contribution < -0.4 is 10.6 Å². The van der Waals surface area contributed by atoms with E-state index in [1.54, 1.807) is 0 Å². The zero-order valence-corrected chi connectivity index (χ0v) is 11.4. The van der Waals surface area contributed by atoms with E-state index in [4.69, 9.17) is 5.73 Å². The van der Waals surface area contributed by atoms with Crippen molar-refractivity contribution in [1.29, 1.82) is 0 Å². The molecule has 3 nitrogen and oxygen atoms in total. The molecular formula is C16H21N3. The summed E-state index contributed by atoms with van der Waals surface area (Å²) >= 11 is 0. The van der Waals surface area contributed by atoms with Gasteiger partial charge < -0.3 is 10.6 Å². The Hall–Kier alpha value is -1.87. The first-order valence-electron chi connectivity index (χ1n) is 6.77. The Morgan fingerprint density at radius 1 is 1.11 bits per heavy atom. The summed E-state index contributed by atoms with van der Waals surface area (Å²) in [6.07, 6.45) is 4.71. The Bertz CT molecular complexity index is 496. The number of pyridine rings is 1. The summed E-state index contributed by atoms with van der Waals surface area (Å²) in [5, 5.41) is 0. The first kappa shape index (κ1) is 13.6. The Morgan fingerprint density at radius 3 is 2.53 bits per heavy atom. The molecule has 2 rings (SSSR count). The van der Waals surface area contributed by atoms with Gasteiger partial charge in [-0.2, -0.15) is 0 Å². The summed E-state index contributed by atoms with van der Waals surface area (Å²) in [5.41, 5.74) is 9.67. The number of nitrogens with zero attached hydrogens (tertiary/aromatic N) is 2. The number of anilines is 1. The molecule has 0 unspecified atom stereocenters. The predicted octanol–water partition coefficient (Wildman–Crippen LogP) is 2.61. The minimum atomic E-state index is 0.656. The van der Waals surface area contributed by atoms with Crippen LogP contribution in [0.1, 0.15) is 18.1 Å². The lowest BCUT2D eigenvalue weighted by atomic mass is 10.1. The van der Waals surface area contributed by atoms with Crippen LogP contribution >= 0.6 is 0 Å². The summed E-state index contributed by atoms with van der Waals surface area (Å²) in [4.78, 5) is 6.40. The van der Waals surface area contributed by atoms with Crippen LogP contribution in [0.15, 0.2) is 48.8 Å². The van der Waals surface area contributed by atoms with Crippen molar-refractivity contribution in [1.82, 2.24) is 4.98 Å². The third kappa shape index (κ3) is 3.55.